The smallest absolute Gasteiger partial charge is 0.145 e. The number of hydrogen-bond acceptors (Lipinski definition) is 3. The van der Waals surface area contributed by atoms with Crippen LogP contribution in [0.5, 0.6) is 0 Å². The monoisotopic (exact) mass is 339 g/mol. The first-order chi connectivity index (χ1) is 10.5. The van der Waals surface area contributed by atoms with Gasteiger partial charge in [0.2, 0.25) is 0 Å². The average Bonchev–Trinajstić information content (AvgIpc) is 2.78. The first-order valence-corrected chi connectivity index (χ1v) is 9.25. The lowest BCUT2D eigenvalue weighted by molar-refractivity contribution is -0.136. The van der Waals surface area contributed by atoms with Gasteiger partial charge in [0.25, 0.3) is 0 Å². The zero-order valence-electron chi connectivity index (χ0n) is 14.4. The molecule has 4 fully saturated rings. The second-order valence-corrected chi connectivity index (χ2v) is 8.92. The van der Waals surface area contributed by atoms with Crippen LogP contribution in [0, 0.1) is 34.5 Å². The van der Waals surface area contributed by atoms with Gasteiger partial charge >= 0.3 is 0 Å². The van der Waals surface area contributed by atoms with E-state index < -0.39 is 0 Å². The molecule has 3 nitrogen and oxygen atoms in total. The third-order valence-electron chi connectivity index (χ3n) is 8.22. The van der Waals surface area contributed by atoms with Crippen LogP contribution in [0.25, 0.3) is 0 Å². The fraction of sp³-hybridized carbons (Fsp3) is 0.895. The van der Waals surface area contributed by atoms with E-state index in [0.29, 0.717) is 23.5 Å². The minimum absolute atomic E-state index is 0. The van der Waals surface area contributed by atoms with E-state index in [0.717, 1.165) is 24.0 Å². The molecule has 0 aromatic carbocycles. The Labute approximate surface area is 145 Å². The summed E-state index contributed by atoms with van der Waals surface area (Å²) in [5, 5.41) is 13.0. The molecule has 4 aliphatic carbocycles. The minimum Gasteiger partial charge on any atom is -0.411 e. The molecule has 0 bridgehead atoms. The molecule has 0 radical (unpaired) electrons. The molecule has 0 spiro atoms. The second kappa shape index (κ2) is 5.75. The first-order valence-electron chi connectivity index (χ1n) is 9.25. The van der Waals surface area contributed by atoms with Crippen LogP contribution in [-0.2, 0) is 4.79 Å². The van der Waals surface area contributed by atoms with E-state index in [2.05, 4.69) is 19.0 Å². The molecule has 23 heavy (non-hydrogen) atoms. The summed E-state index contributed by atoms with van der Waals surface area (Å²) < 4.78 is 0. The highest BCUT2D eigenvalue weighted by Gasteiger charge is 2.61. The van der Waals surface area contributed by atoms with Gasteiger partial charge < -0.3 is 5.21 Å². The molecule has 0 saturated heterocycles. The van der Waals surface area contributed by atoms with E-state index in [1.54, 1.807) is 0 Å². The van der Waals surface area contributed by atoms with Gasteiger partial charge in [-0.1, -0.05) is 31.8 Å². The highest BCUT2D eigenvalue weighted by atomic mass is 35.5. The summed E-state index contributed by atoms with van der Waals surface area (Å²) >= 11 is 0. The van der Waals surface area contributed by atoms with E-state index in [1.807, 2.05) is 0 Å². The maximum Gasteiger partial charge on any atom is 0.145 e. The standard InChI is InChI=1S/C19H29NO2.ClH/c1-18-9-4-3-5-12(18)6-7-13-14(18)8-10-19(2)16(21)11-15(20-22)17(13)19;/h12-14,17,22H,3-11H2,1-2H3;1H/b20-15+;/t12-,13-,14+,17-,18+,19-;/m1./s1. The van der Waals surface area contributed by atoms with Crippen LogP contribution in [-0.4, -0.2) is 16.7 Å². The van der Waals surface area contributed by atoms with Gasteiger partial charge in [0.15, 0.2) is 0 Å². The average molecular weight is 340 g/mol. The van der Waals surface area contributed by atoms with Crippen LogP contribution in [0.4, 0.5) is 0 Å². The number of fused-ring (bicyclic) bond motifs is 5. The zero-order chi connectivity index (χ0) is 15.5. The summed E-state index contributed by atoms with van der Waals surface area (Å²) in [6, 6.07) is 0. The molecular weight excluding hydrogens is 310 g/mol. The van der Waals surface area contributed by atoms with Crippen molar-refractivity contribution in [3.63, 3.8) is 0 Å². The number of nitrogens with zero attached hydrogens (tertiary/aromatic N) is 1. The topological polar surface area (TPSA) is 49.7 Å². The fourth-order valence-corrected chi connectivity index (χ4v) is 7.00. The fourth-order valence-electron chi connectivity index (χ4n) is 7.00. The molecule has 0 aromatic heterocycles. The lowest BCUT2D eigenvalue weighted by Crippen LogP contribution is -2.53. The molecular formula is C19H30ClNO2. The third-order valence-corrected chi connectivity index (χ3v) is 8.22. The Hall–Kier alpha value is -0.570. The van der Waals surface area contributed by atoms with Crippen LogP contribution < -0.4 is 0 Å². The van der Waals surface area contributed by atoms with E-state index in [1.165, 1.54) is 44.9 Å². The molecule has 0 aromatic rings. The predicted molar refractivity (Wildman–Crippen MR) is 93.2 cm³/mol. The van der Waals surface area contributed by atoms with Gasteiger partial charge in [-0.3, -0.25) is 4.79 Å². The minimum atomic E-state index is -0.249. The van der Waals surface area contributed by atoms with Crippen molar-refractivity contribution < 1.29 is 10.0 Å². The number of oxime groups is 1. The van der Waals surface area contributed by atoms with Crippen LogP contribution in [0.3, 0.4) is 0 Å². The summed E-state index contributed by atoms with van der Waals surface area (Å²) in [6.07, 6.45) is 10.7. The van der Waals surface area contributed by atoms with Crippen molar-refractivity contribution in [2.45, 2.75) is 71.6 Å². The number of hydrogen-bond donors (Lipinski definition) is 1. The van der Waals surface area contributed by atoms with Crippen LogP contribution >= 0.6 is 12.4 Å². The van der Waals surface area contributed by atoms with Gasteiger partial charge in [-0.25, -0.2) is 0 Å². The predicted octanol–water partition coefficient (Wildman–Crippen LogP) is 4.85. The number of ketones is 1. The molecule has 1 N–H and O–H groups in total. The summed E-state index contributed by atoms with van der Waals surface area (Å²) in [4.78, 5) is 12.5. The van der Waals surface area contributed by atoms with E-state index in [9.17, 15) is 10.0 Å². The van der Waals surface area contributed by atoms with Gasteiger partial charge in [0, 0.05) is 17.8 Å². The Bertz CT molecular complexity index is 533. The number of Topliss-reactive ketones (excluding diaryl/α,β-unsaturated/α-hetero) is 1. The first kappa shape index (κ1) is 17.3. The van der Waals surface area contributed by atoms with E-state index >= 15 is 0 Å². The van der Waals surface area contributed by atoms with Crippen LogP contribution in [0.15, 0.2) is 5.16 Å². The van der Waals surface area contributed by atoms with Gasteiger partial charge in [-0.2, -0.15) is 0 Å². The van der Waals surface area contributed by atoms with E-state index in [4.69, 9.17) is 0 Å². The summed E-state index contributed by atoms with van der Waals surface area (Å²) in [7, 11) is 0. The van der Waals surface area contributed by atoms with Gasteiger partial charge in [-0.05, 0) is 61.7 Å². The molecule has 4 aliphatic rings. The summed E-state index contributed by atoms with van der Waals surface area (Å²) in [6.45, 7) is 4.67. The second-order valence-electron chi connectivity index (χ2n) is 8.92. The zero-order valence-corrected chi connectivity index (χ0v) is 15.2. The van der Waals surface area contributed by atoms with Crippen molar-refractivity contribution in [3.05, 3.63) is 0 Å². The summed E-state index contributed by atoms with van der Waals surface area (Å²) in [5.41, 5.74) is 1.01. The largest absolute Gasteiger partial charge is 0.411 e. The molecule has 130 valence electrons. The Morgan fingerprint density at radius 3 is 2.61 bits per heavy atom. The Morgan fingerprint density at radius 1 is 1.09 bits per heavy atom. The Kier molecular flexibility index (Phi) is 4.32. The molecule has 4 saturated carbocycles. The number of carbonyl (C=O) groups is 1. The van der Waals surface area contributed by atoms with Crippen molar-refractivity contribution in [1.82, 2.24) is 0 Å². The van der Waals surface area contributed by atoms with E-state index in [-0.39, 0.29) is 23.7 Å². The Morgan fingerprint density at radius 2 is 1.87 bits per heavy atom. The molecule has 6 atom stereocenters. The Balaban J connectivity index is 0.00000156. The van der Waals surface area contributed by atoms with Gasteiger partial charge in [0.05, 0.1) is 5.71 Å². The molecule has 0 aliphatic heterocycles. The molecule has 4 rings (SSSR count). The normalized spacial score (nSPS) is 50.7. The number of rotatable bonds is 0. The lowest BCUT2D eigenvalue weighted by atomic mass is 9.45. The van der Waals surface area contributed by atoms with Crippen LogP contribution in [0.1, 0.15) is 71.6 Å². The lowest BCUT2D eigenvalue weighted by Gasteiger charge is -2.59. The maximum atomic E-state index is 12.5. The SMILES string of the molecule is C[C@]12CCCC[C@@H]1CC[C@@H]1[C@@H]2CC[C@]2(C)C(=O)C/C(=N\O)[C@@H]12.Cl. The molecule has 0 unspecified atom stereocenters. The van der Waals surface area contributed by atoms with Crippen molar-refractivity contribution >= 4 is 23.9 Å². The molecule has 0 heterocycles. The highest BCUT2D eigenvalue weighted by molar-refractivity contribution is 6.13. The van der Waals surface area contributed by atoms with Gasteiger partial charge in [0.1, 0.15) is 5.78 Å². The van der Waals surface area contributed by atoms with Gasteiger partial charge in [-0.15, -0.1) is 12.4 Å². The van der Waals surface area contributed by atoms with Crippen molar-refractivity contribution in [2.24, 2.45) is 39.7 Å². The number of carbonyl (C=O) groups excluding carboxylic acids is 1. The van der Waals surface area contributed by atoms with Crippen molar-refractivity contribution in [3.8, 4) is 0 Å². The summed E-state index contributed by atoms with van der Waals surface area (Å²) in [5.74, 6) is 2.71. The molecule has 4 heteroatoms. The quantitative estimate of drug-likeness (QED) is 0.506. The van der Waals surface area contributed by atoms with Crippen LogP contribution in [0.2, 0.25) is 0 Å². The van der Waals surface area contributed by atoms with Crippen molar-refractivity contribution in [2.75, 3.05) is 0 Å². The highest BCUT2D eigenvalue weighted by Crippen LogP contribution is 2.64. The molecule has 0 amide bonds. The number of halogens is 1. The van der Waals surface area contributed by atoms with Crippen molar-refractivity contribution in [1.29, 1.82) is 0 Å². The third kappa shape index (κ3) is 2.22. The maximum absolute atomic E-state index is 12.5.